The maximum atomic E-state index is 12.7. The minimum Gasteiger partial charge on any atom is -0.490 e. The summed E-state index contributed by atoms with van der Waals surface area (Å²) in [4.78, 5) is 6.80. The lowest BCUT2D eigenvalue weighted by molar-refractivity contribution is -0.144. The zero-order valence-electron chi connectivity index (χ0n) is 14.8. The average molecular weight is 388 g/mol. The van der Waals surface area contributed by atoms with E-state index in [1.807, 2.05) is 6.92 Å². The highest BCUT2D eigenvalue weighted by atomic mass is 35.5. The fraction of sp³-hybridized carbons (Fsp3) is 0.444. The molecule has 0 fully saturated rings. The first kappa shape index (κ1) is 20.5. The van der Waals surface area contributed by atoms with Gasteiger partial charge in [-0.15, -0.1) is 0 Å². The van der Waals surface area contributed by atoms with Gasteiger partial charge in [0.25, 0.3) is 0 Å². The molecule has 8 heteroatoms. The Bertz CT molecular complexity index is 764. The van der Waals surface area contributed by atoms with Crippen LogP contribution in [0.4, 0.5) is 13.2 Å². The van der Waals surface area contributed by atoms with Gasteiger partial charge in [0.2, 0.25) is 5.82 Å². The number of alkyl halides is 3. The van der Waals surface area contributed by atoms with Crippen LogP contribution in [0.1, 0.15) is 33.0 Å². The van der Waals surface area contributed by atoms with Crippen LogP contribution in [-0.4, -0.2) is 22.1 Å². The minimum atomic E-state index is -4.61. The minimum absolute atomic E-state index is 0.129. The predicted octanol–water partition coefficient (Wildman–Crippen LogP) is 4.96. The van der Waals surface area contributed by atoms with Crippen LogP contribution >= 0.6 is 11.6 Å². The molecule has 0 saturated heterocycles. The van der Waals surface area contributed by atoms with Crippen molar-refractivity contribution < 1.29 is 17.9 Å². The third kappa shape index (κ3) is 5.57. The van der Waals surface area contributed by atoms with E-state index in [0.29, 0.717) is 17.2 Å². The molecule has 2 rings (SSSR count). The first-order valence-corrected chi connectivity index (χ1v) is 8.47. The number of benzene rings is 1. The second kappa shape index (κ2) is 7.80. The summed E-state index contributed by atoms with van der Waals surface area (Å²) in [5, 5.41) is 0.273. The number of nitrogens with zero attached hydrogens (tertiary/aromatic N) is 2. The molecule has 1 aromatic carbocycles. The van der Waals surface area contributed by atoms with Crippen molar-refractivity contribution in [3.63, 3.8) is 0 Å². The van der Waals surface area contributed by atoms with E-state index < -0.39 is 17.5 Å². The average Bonchev–Trinajstić information content (AvgIpc) is 2.52. The van der Waals surface area contributed by atoms with Gasteiger partial charge in [0.15, 0.2) is 0 Å². The Morgan fingerprint density at radius 1 is 1.23 bits per heavy atom. The Balaban J connectivity index is 2.17. The topological polar surface area (TPSA) is 61.0 Å². The molecule has 26 heavy (non-hydrogen) atoms. The highest BCUT2D eigenvalue weighted by Gasteiger charge is 2.34. The fourth-order valence-corrected chi connectivity index (χ4v) is 2.90. The lowest BCUT2D eigenvalue weighted by Crippen LogP contribution is -2.43. The Morgan fingerprint density at radius 2 is 1.92 bits per heavy atom. The number of hydrogen-bond acceptors (Lipinski definition) is 4. The van der Waals surface area contributed by atoms with Crippen LogP contribution in [0, 0.1) is 5.92 Å². The number of hydrogen-bond donors (Lipinski definition) is 1. The van der Waals surface area contributed by atoms with Crippen molar-refractivity contribution in [2.75, 3.05) is 6.61 Å². The summed E-state index contributed by atoms with van der Waals surface area (Å²) in [7, 11) is 0. The van der Waals surface area contributed by atoms with E-state index in [9.17, 15) is 13.2 Å². The van der Waals surface area contributed by atoms with Gasteiger partial charge < -0.3 is 10.5 Å². The second-order valence-corrected chi connectivity index (χ2v) is 7.36. The first-order valence-electron chi connectivity index (χ1n) is 8.10. The van der Waals surface area contributed by atoms with Crippen molar-refractivity contribution in [1.82, 2.24) is 9.97 Å². The Labute approximate surface area is 155 Å². The van der Waals surface area contributed by atoms with Gasteiger partial charge in [0, 0.05) is 17.3 Å². The van der Waals surface area contributed by atoms with E-state index in [4.69, 9.17) is 22.1 Å². The number of ether oxygens (including phenoxy) is 1. The number of aromatic nitrogens is 2. The maximum absolute atomic E-state index is 12.7. The van der Waals surface area contributed by atoms with E-state index in [0.717, 1.165) is 12.6 Å². The largest absolute Gasteiger partial charge is 0.490 e. The van der Waals surface area contributed by atoms with Gasteiger partial charge in [-0.05, 0) is 43.5 Å². The molecule has 0 aliphatic rings. The molecule has 1 atom stereocenters. The monoisotopic (exact) mass is 387 g/mol. The zero-order valence-corrected chi connectivity index (χ0v) is 15.5. The standard InChI is InChI=1S/C18H21ClF3N3O/c1-11(2)9-17(3,23)10-26-15-5-4-12(8-13(15)19)14-6-7-24-16(25-14)18(20,21)22/h4-8,11H,9-10,23H2,1-3H3. The molecule has 2 aromatic rings. The maximum Gasteiger partial charge on any atom is 0.451 e. The Hall–Kier alpha value is -1.86. The molecule has 0 saturated carbocycles. The SMILES string of the molecule is CC(C)CC(C)(N)COc1ccc(-c2ccnc(C(F)(F)F)n2)cc1Cl. The molecule has 0 aliphatic carbocycles. The van der Waals surface area contributed by atoms with Crippen molar-refractivity contribution >= 4 is 11.6 Å². The van der Waals surface area contributed by atoms with E-state index >= 15 is 0 Å². The summed E-state index contributed by atoms with van der Waals surface area (Å²) in [6.07, 6.45) is -2.76. The van der Waals surface area contributed by atoms with Crippen LogP contribution in [0.2, 0.25) is 5.02 Å². The third-order valence-electron chi connectivity index (χ3n) is 3.57. The van der Waals surface area contributed by atoms with Crippen molar-refractivity contribution in [3.8, 4) is 17.0 Å². The van der Waals surface area contributed by atoms with Crippen molar-refractivity contribution in [3.05, 3.63) is 41.3 Å². The normalized spacial score (nSPS) is 14.3. The molecule has 142 valence electrons. The summed E-state index contributed by atoms with van der Waals surface area (Å²) in [5.74, 6) is -0.355. The first-order chi connectivity index (χ1) is 12.0. The van der Waals surface area contributed by atoms with E-state index in [1.54, 1.807) is 12.1 Å². The Morgan fingerprint density at radius 3 is 2.50 bits per heavy atom. The van der Waals surface area contributed by atoms with Crippen molar-refractivity contribution in [2.24, 2.45) is 11.7 Å². The smallest absolute Gasteiger partial charge is 0.451 e. The van der Waals surface area contributed by atoms with Gasteiger partial charge >= 0.3 is 6.18 Å². The predicted molar refractivity (Wildman–Crippen MR) is 95.0 cm³/mol. The van der Waals surface area contributed by atoms with Crippen LogP contribution < -0.4 is 10.5 Å². The molecule has 1 heterocycles. The van der Waals surface area contributed by atoms with Crippen molar-refractivity contribution in [1.29, 1.82) is 0 Å². The van der Waals surface area contributed by atoms with Crippen LogP contribution in [0.3, 0.4) is 0 Å². The second-order valence-electron chi connectivity index (χ2n) is 6.95. The van der Waals surface area contributed by atoms with Crippen LogP contribution in [0.5, 0.6) is 5.75 Å². The number of halogens is 4. The van der Waals surface area contributed by atoms with Gasteiger partial charge in [-0.1, -0.05) is 25.4 Å². The van der Waals surface area contributed by atoms with Gasteiger partial charge in [0.1, 0.15) is 12.4 Å². The molecule has 1 unspecified atom stereocenters. The summed E-state index contributed by atoms with van der Waals surface area (Å²) in [6, 6.07) is 6.09. The van der Waals surface area contributed by atoms with Crippen LogP contribution in [0.15, 0.2) is 30.5 Å². The highest BCUT2D eigenvalue weighted by molar-refractivity contribution is 6.32. The molecule has 2 N–H and O–H groups in total. The lowest BCUT2D eigenvalue weighted by Gasteiger charge is -2.26. The number of rotatable bonds is 6. The fourth-order valence-electron chi connectivity index (χ4n) is 2.67. The molecule has 1 aromatic heterocycles. The van der Waals surface area contributed by atoms with E-state index in [1.165, 1.54) is 12.1 Å². The third-order valence-corrected chi connectivity index (χ3v) is 3.86. The molecule has 0 spiro atoms. The highest BCUT2D eigenvalue weighted by Crippen LogP contribution is 2.32. The lowest BCUT2D eigenvalue weighted by atomic mass is 9.93. The van der Waals surface area contributed by atoms with Crippen molar-refractivity contribution in [2.45, 2.75) is 38.9 Å². The van der Waals surface area contributed by atoms with Gasteiger partial charge in [-0.25, -0.2) is 9.97 Å². The summed E-state index contributed by atoms with van der Waals surface area (Å²) in [6.45, 7) is 6.32. The molecule has 0 amide bonds. The molecular formula is C18H21ClF3N3O. The van der Waals surface area contributed by atoms with Gasteiger partial charge in [0.05, 0.1) is 10.7 Å². The number of nitrogens with two attached hydrogens (primary N) is 1. The van der Waals surface area contributed by atoms with Gasteiger partial charge in [-0.3, -0.25) is 0 Å². The molecule has 0 aliphatic heterocycles. The van der Waals surface area contributed by atoms with Crippen LogP contribution in [0.25, 0.3) is 11.3 Å². The van der Waals surface area contributed by atoms with E-state index in [-0.39, 0.29) is 17.3 Å². The quantitative estimate of drug-likeness (QED) is 0.761. The Kier molecular flexibility index (Phi) is 6.13. The molecule has 0 radical (unpaired) electrons. The molecule has 4 nitrogen and oxygen atoms in total. The summed E-state index contributed by atoms with van der Waals surface area (Å²) >= 11 is 6.21. The van der Waals surface area contributed by atoms with Gasteiger partial charge in [-0.2, -0.15) is 13.2 Å². The summed E-state index contributed by atoms with van der Waals surface area (Å²) < 4.78 is 43.9. The zero-order chi connectivity index (χ0) is 19.5. The molecular weight excluding hydrogens is 367 g/mol. The van der Waals surface area contributed by atoms with E-state index in [2.05, 4.69) is 23.8 Å². The molecule has 0 bridgehead atoms. The summed E-state index contributed by atoms with van der Waals surface area (Å²) in [5.41, 5.74) is 6.26. The van der Waals surface area contributed by atoms with Crippen LogP contribution in [-0.2, 0) is 6.18 Å².